The number of nitriles is 1. The van der Waals surface area contributed by atoms with Crippen molar-refractivity contribution in [1.29, 1.82) is 5.26 Å². The van der Waals surface area contributed by atoms with Crippen LogP contribution in [-0.4, -0.2) is 42.4 Å². The molecule has 1 aliphatic heterocycles. The van der Waals surface area contributed by atoms with Gasteiger partial charge in [0.2, 0.25) is 5.91 Å². The van der Waals surface area contributed by atoms with E-state index in [1.807, 2.05) is 22.9 Å². The van der Waals surface area contributed by atoms with Gasteiger partial charge in [-0.1, -0.05) is 0 Å². The Morgan fingerprint density at radius 1 is 1.59 bits per heavy atom. The molecular weight excluding hydrogens is 284 g/mol. The number of carbonyl (C=O) groups excluding carboxylic acids is 1. The minimum absolute atomic E-state index is 0.0612. The van der Waals surface area contributed by atoms with Gasteiger partial charge in [0, 0.05) is 45.4 Å². The van der Waals surface area contributed by atoms with E-state index in [4.69, 9.17) is 5.26 Å². The Balaban J connectivity index is 2.07. The lowest BCUT2D eigenvalue weighted by molar-refractivity contribution is -0.385. The van der Waals surface area contributed by atoms with Gasteiger partial charge in [0.25, 0.3) is 5.69 Å². The lowest BCUT2D eigenvalue weighted by Crippen LogP contribution is -2.30. The number of rotatable bonds is 4. The van der Waals surface area contributed by atoms with Gasteiger partial charge in [0.15, 0.2) is 0 Å². The van der Waals surface area contributed by atoms with E-state index in [1.165, 1.54) is 12.1 Å². The van der Waals surface area contributed by atoms with Crippen LogP contribution in [-0.2, 0) is 4.79 Å². The second kappa shape index (κ2) is 6.43. The maximum atomic E-state index is 11.3. The third kappa shape index (κ3) is 3.34. The molecule has 0 aliphatic carbocycles. The number of likely N-dealkylation sites (tertiary alicyclic amines) is 1. The molecule has 1 aliphatic rings. The quantitative estimate of drug-likeness (QED) is 0.624. The first-order valence-electron chi connectivity index (χ1n) is 7.07. The molecule has 1 fully saturated rings. The van der Waals surface area contributed by atoms with Gasteiger partial charge < -0.3 is 9.80 Å². The molecule has 1 atom stereocenters. The van der Waals surface area contributed by atoms with Crippen molar-refractivity contribution in [1.82, 2.24) is 4.90 Å². The van der Waals surface area contributed by atoms with Crippen molar-refractivity contribution in [3.63, 3.8) is 0 Å². The predicted octanol–water partition coefficient (Wildman–Crippen LogP) is 1.77. The molecule has 1 aromatic carbocycles. The van der Waals surface area contributed by atoms with Crippen LogP contribution in [0.4, 0.5) is 11.4 Å². The molecule has 0 N–H and O–H groups in total. The Labute approximate surface area is 128 Å². The Morgan fingerprint density at radius 3 is 2.86 bits per heavy atom. The van der Waals surface area contributed by atoms with Crippen LogP contribution in [0, 0.1) is 27.4 Å². The van der Waals surface area contributed by atoms with Crippen LogP contribution in [0.1, 0.15) is 18.9 Å². The van der Waals surface area contributed by atoms with Crippen LogP contribution >= 0.6 is 0 Å². The second-order valence-electron chi connectivity index (χ2n) is 5.57. The van der Waals surface area contributed by atoms with Gasteiger partial charge in [0.05, 0.1) is 4.92 Å². The van der Waals surface area contributed by atoms with E-state index in [2.05, 4.69) is 0 Å². The number of carbonyl (C=O) groups is 1. The Morgan fingerprint density at radius 2 is 2.32 bits per heavy atom. The lowest BCUT2D eigenvalue weighted by Gasteiger charge is -2.23. The van der Waals surface area contributed by atoms with Crippen molar-refractivity contribution in [3.05, 3.63) is 33.9 Å². The third-order valence-corrected chi connectivity index (χ3v) is 4.00. The number of amides is 1. The van der Waals surface area contributed by atoms with E-state index in [0.29, 0.717) is 5.92 Å². The summed E-state index contributed by atoms with van der Waals surface area (Å²) >= 11 is 0. The van der Waals surface area contributed by atoms with Crippen molar-refractivity contribution in [2.24, 2.45) is 5.92 Å². The smallest absolute Gasteiger partial charge is 0.287 e. The topological polar surface area (TPSA) is 90.5 Å². The van der Waals surface area contributed by atoms with E-state index in [-0.39, 0.29) is 17.2 Å². The van der Waals surface area contributed by atoms with Crippen LogP contribution in [0.25, 0.3) is 0 Å². The highest BCUT2D eigenvalue weighted by Gasteiger charge is 2.25. The second-order valence-corrected chi connectivity index (χ2v) is 5.57. The van der Waals surface area contributed by atoms with Crippen molar-refractivity contribution >= 4 is 17.3 Å². The molecule has 1 saturated heterocycles. The molecule has 7 heteroatoms. The van der Waals surface area contributed by atoms with Crippen LogP contribution < -0.4 is 4.90 Å². The molecule has 1 amide bonds. The number of hydrogen-bond acceptors (Lipinski definition) is 5. The van der Waals surface area contributed by atoms with E-state index in [1.54, 1.807) is 13.0 Å². The Bertz CT molecular complexity index is 638. The first-order chi connectivity index (χ1) is 10.4. The highest BCUT2D eigenvalue weighted by molar-refractivity contribution is 5.73. The third-order valence-electron chi connectivity index (χ3n) is 4.00. The molecule has 2 rings (SSSR count). The number of benzene rings is 1. The average Bonchev–Trinajstić information content (AvgIpc) is 2.95. The number of nitro groups is 1. The fourth-order valence-corrected chi connectivity index (χ4v) is 2.77. The summed E-state index contributed by atoms with van der Waals surface area (Å²) in [5.74, 6) is 0.460. The monoisotopic (exact) mass is 302 g/mol. The molecule has 0 saturated carbocycles. The minimum atomic E-state index is -0.552. The van der Waals surface area contributed by atoms with Gasteiger partial charge in [-0.05, 0) is 24.5 Å². The van der Waals surface area contributed by atoms with Crippen molar-refractivity contribution < 1.29 is 9.72 Å². The zero-order valence-corrected chi connectivity index (χ0v) is 12.7. The largest absolute Gasteiger partial charge is 0.374 e. The standard InChI is InChI=1S/C15H18N4O3/c1-11(20)18-6-5-12(10-18)9-17(2)14-3-4-15(19(21)22)13(7-14)8-16/h3-4,7,12H,5-6,9-10H2,1-2H3. The highest BCUT2D eigenvalue weighted by atomic mass is 16.6. The molecular formula is C15H18N4O3. The summed E-state index contributed by atoms with van der Waals surface area (Å²) in [6.07, 6.45) is 0.946. The zero-order valence-electron chi connectivity index (χ0n) is 12.7. The van der Waals surface area contributed by atoms with E-state index in [9.17, 15) is 14.9 Å². The summed E-state index contributed by atoms with van der Waals surface area (Å²) in [6.45, 7) is 3.82. The molecule has 0 radical (unpaired) electrons. The van der Waals surface area contributed by atoms with Gasteiger partial charge in [-0.15, -0.1) is 0 Å². The van der Waals surface area contributed by atoms with Gasteiger partial charge in [0.1, 0.15) is 11.6 Å². The van der Waals surface area contributed by atoms with Gasteiger partial charge >= 0.3 is 0 Å². The molecule has 1 heterocycles. The Hall–Kier alpha value is -2.62. The molecule has 22 heavy (non-hydrogen) atoms. The Kier molecular flexibility index (Phi) is 4.61. The molecule has 116 valence electrons. The zero-order chi connectivity index (χ0) is 16.3. The van der Waals surface area contributed by atoms with Crippen molar-refractivity contribution in [2.45, 2.75) is 13.3 Å². The maximum Gasteiger partial charge on any atom is 0.287 e. The molecule has 0 aromatic heterocycles. The summed E-state index contributed by atoms with van der Waals surface area (Å²) < 4.78 is 0. The highest BCUT2D eigenvalue weighted by Crippen LogP contribution is 2.25. The molecule has 1 aromatic rings. The average molecular weight is 302 g/mol. The van der Waals surface area contributed by atoms with Gasteiger partial charge in [-0.3, -0.25) is 14.9 Å². The van der Waals surface area contributed by atoms with Crippen LogP contribution in [0.5, 0.6) is 0 Å². The number of nitrogens with zero attached hydrogens (tertiary/aromatic N) is 4. The summed E-state index contributed by atoms with van der Waals surface area (Å²) in [4.78, 5) is 25.4. The van der Waals surface area contributed by atoms with E-state index in [0.717, 1.165) is 31.7 Å². The number of nitro benzene ring substituents is 1. The van der Waals surface area contributed by atoms with E-state index < -0.39 is 4.92 Å². The number of anilines is 1. The summed E-state index contributed by atoms with van der Waals surface area (Å²) in [7, 11) is 1.89. The molecule has 1 unspecified atom stereocenters. The SMILES string of the molecule is CC(=O)N1CCC(CN(C)c2ccc([N+](=O)[O-])c(C#N)c2)C1. The van der Waals surface area contributed by atoms with Crippen LogP contribution in [0.15, 0.2) is 18.2 Å². The van der Waals surface area contributed by atoms with E-state index >= 15 is 0 Å². The normalized spacial score (nSPS) is 17.1. The molecule has 0 bridgehead atoms. The molecule has 0 spiro atoms. The lowest BCUT2D eigenvalue weighted by atomic mass is 10.1. The fraction of sp³-hybridized carbons (Fsp3) is 0.467. The van der Waals surface area contributed by atoms with Crippen molar-refractivity contribution in [3.8, 4) is 6.07 Å². The summed E-state index contributed by atoms with van der Waals surface area (Å²) in [6, 6.07) is 6.42. The first-order valence-corrected chi connectivity index (χ1v) is 7.07. The summed E-state index contributed by atoms with van der Waals surface area (Å²) in [5.41, 5.74) is 0.651. The van der Waals surface area contributed by atoms with Crippen LogP contribution in [0.3, 0.4) is 0 Å². The summed E-state index contributed by atoms with van der Waals surface area (Å²) in [5, 5.41) is 19.9. The first kappa shape index (κ1) is 15.8. The maximum absolute atomic E-state index is 11.3. The molecule has 7 nitrogen and oxygen atoms in total. The van der Waals surface area contributed by atoms with Gasteiger partial charge in [-0.2, -0.15) is 5.26 Å². The number of hydrogen-bond donors (Lipinski definition) is 0. The predicted molar refractivity (Wildman–Crippen MR) is 81.4 cm³/mol. The van der Waals surface area contributed by atoms with Crippen molar-refractivity contribution in [2.75, 3.05) is 31.6 Å². The minimum Gasteiger partial charge on any atom is -0.374 e. The van der Waals surface area contributed by atoms with Gasteiger partial charge in [-0.25, -0.2) is 0 Å². The van der Waals surface area contributed by atoms with Crippen LogP contribution in [0.2, 0.25) is 0 Å². The fourth-order valence-electron chi connectivity index (χ4n) is 2.77.